The topological polar surface area (TPSA) is 80.5 Å². The van der Waals surface area contributed by atoms with E-state index in [9.17, 15) is 13.2 Å². The molecule has 6 heteroatoms. The number of thiol groups is 1. The van der Waals surface area contributed by atoms with Crippen LogP contribution in [0.4, 0.5) is 11.4 Å². The number of anilines is 2. The van der Waals surface area contributed by atoms with Crippen LogP contribution < -0.4 is 10.0 Å². The van der Waals surface area contributed by atoms with Crippen LogP contribution in [0.25, 0.3) is 0 Å². The first-order chi connectivity index (χ1) is 9.11. The number of hydrogen-bond acceptors (Lipinski definition) is 3. The molecule has 0 heterocycles. The molecule has 0 aliphatic rings. The number of hydrogen-bond donors (Lipinski definition) is 2. The zero-order valence-corrected chi connectivity index (χ0v) is 10.8. The number of nitrogens with two attached hydrogens (primary N) is 1. The summed E-state index contributed by atoms with van der Waals surface area (Å²) in [6.07, 6.45) is 0. The summed E-state index contributed by atoms with van der Waals surface area (Å²) in [5, 5.41) is 0. The quantitative estimate of drug-likeness (QED) is 0.829. The van der Waals surface area contributed by atoms with Crippen molar-refractivity contribution in [2.24, 2.45) is 5.73 Å². The molecule has 0 aromatic heterocycles. The van der Waals surface area contributed by atoms with Crippen molar-refractivity contribution in [1.29, 1.82) is 0 Å². The maximum absolute atomic E-state index is 11.5. The SMILES string of the molecule is NC(=O)c1ccccc1N(c1ccccc1)[SH](=O)=O. The summed E-state index contributed by atoms with van der Waals surface area (Å²) in [4.78, 5) is 11.4. The van der Waals surface area contributed by atoms with Gasteiger partial charge in [0.15, 0.2) is 0 Å². The lowest BCUT2D eigenvalue weighted by atomic mass is 10.1. The monoisotopic (exact) mass is 276 g/mol. The van der Waals surface area contributed by atoms with Gasteiger partial charge in [-0.2, -0.15) is 0 Å². The maximum atomic E-state index is 11.5. The second-order valence-corrected chi connectivity index (χ2v) is 4.64. The van der Waals surface area contributed by atoms with Crippen LogP contribution in [0.2, 0.25) is 0 Å². The molecule has 0 bridgehead atoms. The Labute approximate surface area is 112 Å². The third-order valence-corrected chi connectivity index (χ3v) is 3.33. The largest absolute Gasteiger partial charge is 0.366 e. The van der Waals surface area contributed by atoms with Gasteiger partial charge in [-0.15, -0.1) is 0 Å². The minimum Gasteiger partial charge on any atom is -0.366 e. The van der Waals surface area contributed by atoms with Crippen molar-refractivity contribution < 1.29 is 13.2 Å². The average molecular weight is 276 g/mol. The Hall–Kier alpha value is -2.34. The lowest BCUT2D eigenvalue weighted by molar-refractivity contribution is 0.100. The number of para-hydroxylation sites is 2. The number of amides is 1. The average Bonchev–Trinajstić information content (AvgIpc) is 2.40. The summed E-state index contributed by atoms with van der Waals surface area (Å²) in [5.41, 5.74) is 6.12. The highest BCUT2D eigenvalue weighted by molar-refractivity contribution is 7.74. The van der Waals surface area contributed by atoms with E-state index in [1.54, 1.807) is 42.5 Å². The molecule has 0 unspecified atom stereocenters. The first-order valence-corrected chi connectivity index (χ1v) is 6.62. The van der Waals surface area contributed by atoms with Gasteiger partial charge in [0.1, 0.15) is 0 Å². The van der Waals surface area contributed by atoms with Gasteiger partial charge in [0.05, 0.1) is 16.9 Å². The van der Waals surface area contributed by atoms with E-state index in [4.69, 9.17) is 5.73 Å². The van der Waals surface area contributed by atoms with Crippen LogP contribution >= 0.6 is 0 Å². The van der Waals surface area contributed by atoms with Gasteiger partial charge in [-0.05, 0) is 24.3 Å². The van der Waals surface area contributed by atoms with Gasteiger partial charge in [0, 0.05) is 0 Å². The molecule has 5 nitrogen and oxygen atoms in total. The zero-order chi connectivity index (χ0) is 13.8. The minimum absolute atomic E-state index is 0.158. The summed E-state index contributed by atoms with van der Waals surface area (Å²) in [6, 6.07) is 14.8. The van der Waals surface area contributed by atoms with E-state index in [2.05, 4.69) is 0 Å². The molecule has 0 saturated heterocycles. The fraction of sp³-hybridized carbons (Fsp3) is 0. The summed E-state index contributed by atoms with van der Waals surface area (Å²) in [6.45, 7) is 0. The molecule has 0 atom stereocenters. The molecule has 1 amide bonds. The van der Waals surface area contributed by atoms with Gasteiger partial charge >= 0.3 is 0 Å². The third kappa shape index (κ3) is 2.74. The van der Waals surface area contributed by atoms with Crippen molar-refractivity contribution in [3.05, 3.63) is 60.2 Å². The number of rotatable bonds is 4. The fourth-order valence-electron chi connectivity index (χ4n) is 1.76. The zero-order valence-electron chi connectivity index (χ0n) is 9.89. The van der Waals surface area contributed by atoms with Crippen molar-refractivity contribution in [2.75, 3.05) is 4.31 Å². The highest BCUT2D eigenvalue weighted by atomic mass is 32.2. The van der Waals surface area contributed by atoms with Crippen molar-refractivity contribution >= 4 is 28.2 Å². The predicted molar refractivity (Wildman–Crippen MR) is 73.9 cm³/mol. The number of nitrogens with zero attached hydrogens (tertiary/aromatic N) is 1. The van der Waals surface area contributed by atoms with Crippen molar-refractivity contribution in [3.63, 3.8) is 0 Å². The molecule has 0 saturated carbocycles. The van der Waals surface area contributed by atoms with Crippen molar-refractivity contribution in [1.82, 2.24) is 0 Å². The molecular formula is C13H12N2O3S. The Kier molecular flexibility index (Phi) is 3.82. The highest BCUT2D eigenvalue weighted by Gasteiger charge is 2.17. The molecule has 2 N–H and O–H groups in total. The van der Waals surface area contributed by atoms with Gasteiger partial charge in [0.2, 0.25) is 10.9 Å². The van der Waals surface area contributed by atoms with E-state index < -0.39 is 16.8 Å². The fourth-order valence-corrected chi connectivity index (χ4v) is 2.43. The lowest BCUT2D eigenvalue weighted by Gasteiger charge is -2.19. The molecule has 98 valence electrons. The molecule has 0 aliphatic carbocycles. The number of carbonyl (C=O) groups excluding carboxylic acids is 1. The molecule has 2 aromatic carbocycles. The molecular weight excluding hydrogens is 264 g/mol. The smallest absolute Gasteiger partial charge is 0.250 e. The van der Waals surface area contributed by atoms with Gasteiger partial charge in [-0.25, -0.2) is 12.7 Å². The first kappa shape index (κ1) is 13.1. The Morgan fingerprint density at radius 3 is 2.11 bits per heavy atom. The molecule has 2 aromatic rings. The van der Waals surface area contributed by atoms with Crippen LogP contribution in [0.5, 0.6) is 0 Å². The maximum Gasteiger partial charge on any atom is 0.250 e. The number of carbonyl (C=O) groups is 1. The van der Waals surface area contributed by atoms with Crippen LogP contribution in [0.15, 0.2) is 54.6 Å². The second-order valence-electron chi connectivity index (χ2n) is 3.77. The van der Waals surface area contributed by atoms with Crippen molar-refractivity contribution in [2.45, 2.75) is 0 Å². The second kappa shape index (κ2) is 5.53. The molecule has 0 spiro atoms. The normalized spacial score (nSPS) is 10.4. The Morgan fingerprint density at radius 1 is 0.947 bits per heavy atom. The van der Waals surface area contributed by atoms with Crippen molar-refractivity contribution in [3.8, 4) is 0 Å². The van der Waals surface area contributed by atoms with E-state index in [-0.39, 0.29) is 11.3 Å². The van der Waals surface area contributed by atoms with Crippen LogP contribution in [0, 0.1) is 0 Å². The summed E-state index contributed by atoms with van der Waals surface area (Å²) >= 11 is 0. The number of benzene rings is 2. The molecule has 0 aliphatic heterocycles. The molecule has 0 radical (unpaired) electrons. The van der Waals surface area contributed by atoms with Gasteiger partial charge in [0.25, 0.3) is 5.91 Å². The van der Waals surface area contributed by atoms with Crippen LogP contribution in [0.3, 0.4) is 0 Å². The van der Waals surface area contributed by atoms with Gasteiger partial charge in [-0.3, -0.25) is 4.79 Å². The number of primary amides is 1. The molecule has 19 heavy (non-hydrogen) atoms. The Balaban J connectivity index is 2.62. The van der Waals surface area contributed by atoms with Gasteiger partial charge < -0.3 is 5.73 Å². The lowest BCUT2D eigenvalue weighted by Crippen LogP contribution is -2.20. The summed E-state index contributed by atoms with van der Waals surface area (Å²) in [5.74, 6) is -0.673. The van der Waals surface area contributed by atoms with E-state index in [1.165, 1.54) is 12.1 Å². The van der Waals surface area contributed by atoms with Crippen LogP contribution in [-0.4, -0.2) is 14.3 Å². The van der Waals surface area contributed by atoms with E-state index in [1.807, 2.05) is 0 Å². The van der Waals surface area contributed by atoms with Crippen LogP contribution in [-0.2, 0) is 10.9 Å². The van der Waals surface area contributed by atoms with E-state index >= 15 is 0 Å². The highest BCUT2D eigenvalue weighted by Crippen LogP contribution is 2.28. The Morgan fingerprint density at radius 2 is 1.53 bits per heavy atom. The minimum atomic E-state index is -2.93. The first-order valence-electron chi connectivity index (χ1n) is 5.49. The molecule has 0 fully saturated rings. The summed E-state index contributed by atoms with van der Waals surface area (Å²) < 4.78 is 24.0. The third-order valence-electron chi connectivity index (χ3n) is 2.56. The van der Waals surface area contributed by atoms with E-state index in [0.29, 0.717) is 5.69 Å². The standard InChI is InChI=1S/C13H12N2O3S/c14-13(16)11-8-4-5-9-12(11)15(19(17)18)10-6-2-1-3-7-10/h1-9,19H,(H2,14,16). The van der Waals surface area contributed by atoms with Crippen LogP contribution in [0.1, 0.15) is 10.4 Å². The molecule has 2 rings (SSSR count). The Bertz CT molecular complexity index is 661. The predicted octanol–water partition coefficient (Wildman–Crippen LogP) is 1.45. The summed E-state index contributed by atoms with van der Waals surface area (Å²) in [7, 11) is -2.93. The van der Waals surface area contributed by atoms with E-state index in [0.717, 1.165) is 4.31 Å². The van der Waals surface area contributed by atoms with Gasteiger partial charge in [-0.1, -0.05) is 30.3 Å².